The molecule has 1 aliphatic heterocycles. The molecule has 1 saturated carbocycles. The van der Waals surface area contributed by atoms with Crippen molar-refractivity contribution in [3.63, 3.8) is 0 Å². The minimum Gasteiger partial charge on any atom is -0.390 e. The first kappa shape index (κ1) is 15.8. The van der Waals surface area contributed by atoms with Crippen molar-refractivity contribution in [2.24, 2.45) is 11.3 Å². The van der Waals surface area contributed by atoms with Crippen molar-refractivity contribution in [1.29, 1.82) is 0 Å². The molecule has 0 radical (unpaired) electrons. The average Bonchev–Trinajstić information content (AvgIpc) is 3.09. The molecule has 3 aliphatic rings. The fourth-order valence-corrected chi connectivity index (χ4v) is 4.20. The van der Waals surface area contributed by atoms with Gasteiger partial charge in [0.15, 0.2) is 0 Å². The maximum absolute atomic E-state index is 12.5. The number of halogens is 1. The Kier molecular flexibility index (Phi) is 4.19. The monoisotopic (exact) mass is 322 g/mol. The molecule has 4 rings (SSSR count). The molecular weight excluding hydrogens is 300 g/mol. The molecule has 22 heavy (non-hydrogen) atoms. The van der Waals surface area contributed by atoms with Crippen LogP contribution >= 0.6 is 12.4 Å². The normalized spacial score (nSPS) is 31.2. The van der Waals surface area contributed by atoms with Crippen molar-refractivity contribution in [3.05, 3.63) is 35.4 Å². The van der Waals surface area contributed by atoms with Crippen LogP contribution in [0.4, 0.5) is 0 Å². The lowest BCUT2D eigenvalue weighted by Crippen LogP contribution is -2.37. The highest BCUT2D eigenvalue weighted by Crippen LogP contribution is 2.58. The van der Waals surface area contributed by atoms with Crippen LogP contribution in [0.5, 0.6) is 0 Å². The summed E-state index contributed by atoms with van der Waals surface area (Å²) in [5.74, 6) is 0.289. The number of aliphatic hydroxyl groups excluding tert-OH is 1. The molecule has 120 valence electrons. The Hall–Kier alpha value is -1.10. The number of benzene rings is 1. The third-order valence-electron chi connectivity index (χ3n) is 5.61. The van der Waals surface area contributed by atoms with Gasteiger partial charge in [0.25, 0.3) is 0 Å². The van der Waals surface area contributed by atoms with Crippen LogP contribution in [-0.2, 0) is 11.2 Å². The van der Waals surface area contributed by atoms with Gasteiger partial charge in [-0.2, -0.15) is 0 Å². The van der Waals surface area contributed by atoms with Gasteiger partial charge in [0, 0.05) is 12.3 Å². The lowest BCUT2D eigenvalue weighted by Gasteiger charge is -2.24. The number of piperidine rings is 1. The number of hydrogen-bond acceptors (Lipinski definition) is 3. The first-order valence-electron chi connectivity index (χ1n) is 7.97. The molecule has 1 heterocycles. The highest BCUT2D eigenvalue weighted by Gasteiger charge is 2.58. The largest absolute Gasteiger partial charge is 0.390 e. The molecule has 2 fully saturated rings. The summed E-state index contributed by atoms with van der Waals surface area (Å²) in [7, 11) is 0. The molecule has 1 amide bonds. The Balaban J connectivity index is 0.00000144. The molecule has 3 atom stereocenters. The molecule has 5 heteroatoms. The van der Waals surface area contributed by atoms with E-state index in [4.69, 9.17) is 0 Å². The summed E-state index contributed by atoms with van der Waals surface area (Å²) in [6, 6.07) is 7.79. The number of aliphatic hydroxyl groups is 1. The van der Waals surface area contributed by atoms with Crippen molar-refractivity contribution in [2.75, 3.05) is 13.1 Å². The van der Waals surface area contributed by atoms with Gasteiger partial charge in [-0.3, -0.25) is 4.79 Å². The highest BCUT2D eigenvalue weighted by molar-refractivity contribution is 5.85. The van der Waals surface area contributed by atoms with E-state index in [-0.39, 0.29) is 35.7 Å². The van der Waals surface area contributed by atoms with Crippen molar-refractivity contribution < 1.29 is 9.90 Å². The standard InChI is InChI=1S/C17H22N2O2.ClH/c20-14-9-11-3-1-2-4-12(11)15(14)19-16(21)13-10-17(13)5-7-18-8-6-17;/h1-4,13-15,18,20H,5-10H2,(H,19,21);1H/t13?,14-,15+;/m1./s1. The smallest absolute Gasteiger partial charge is 0.224 e. The second kappa shape index (κ2) is 5.84. The van der Waals surface area contributed by atoms with Crippen LogP contribution in [0.15, 0.2) is 24.3 Å². The number of amides is 1. The van der Waals surface area contributed by atoms with Crippen molar-refractivity contribution >= 4 is 18.3 Å². The zero-order valence-corrected chi connectivity index (χ0v) is 13.4. The fraction of sp³-hybridized carbons (Fsp3) is 0.588. The Bertz CT molecular complexity index is 572. The molecule has 2 aliphatic carbocycles. The van der Waals surface area contributed by atoms with Gasteiger partial charge in [0.2, 0.25) is 5.91 Å². The molecule has 0 bridgehead atoms. The van der Waals surface area contributed by atoms with Crippen LogP contribution in [0.25, 0.3) is 0 Å². The molecular formula is C17H23ClN2O2. The molecule has 1 saturated heterocycles. The summed E-state index contributed by atoms with van der Waals surface area (Å²) in [5, 5.41) is 16.7. The van der Waals surface area contributed by atoms with Crippen molar-refractivity contribution in [3.8, 4) is 0 Å². The van der Waals surface area contributed by atoms with Gasteiger partial charge in [-0.25, -0.2) is 0 Å². The molecule has 1 spiro atoms. The predicted octanol–water partition coefficient (Wildman–Crippen LogP) is 1.57. The highest BCUT2D eigenvalue weighted by atomic mass is 35.5. The van der Waals surface area contributed by atoms with Gasteiger partial charge < -0.3 is 15.7 Å². The molecule has 1 aromatic rings. The summed E-state index contributed by atoms with van der Waals surface area (Å²) < 4.78 is 0. The van der Waals surface area contributed by atoms with E-state index in [2.05, 4.69) is 10.6 Å². The van der Waals surface area contributed by atoms with Crippen LogP contribution < -0.4 is 10.6 Å². The van der Waals surface area contributed by atoms with E-state index in [1.54, 1.807) is 0 Å². The van der Waals surface area contributed by atoms with E-state index in [0.717, 1.165) is 43.5 Å². The van der Waals surface area contributed by atoms with Crippen molar-refractivity contribution in [2.45, 2.75) is 37.8 Å². The second-order valence-electron chi connectivity index (χ2n) is 6.83. The van der Waals surface area contributed by atoms with E-state index in [1.807, 2.05) is 24.3 Å². The van der Waals surface area contributed by atoms with Gasteiger partial charge >= 0.3 is 0 Å². The number of rotatable bonds is 2. The summed E-state index contributed by atoms with van der Waals surface area (Å²) in [6.45, 7) is 2.05. The Labute approximate surface area is 137 Å². The SMILES string of the molecule is Cl.O=C(N[C@H]1c2ccccc2C[C@H]1O)C1CC12CCNCC2. The summed E-state index contributed by atoms with van der Waals surface area (Å²) >= 11 is 0. The third-order valence-corrected chi connectivity index (χ3v) is 5.61. The van der Waals surface area contributed by atoms with Crippen LogP contribution in [0.2, 0.25) is 0 Å². The second-order valence-corrected chi connectivity index (χ2v) is 6.83. The average molecular weight is 323 g/mol. The Morgan fingerprint density at radius 1 is 1.27 bits per heavy atom. The first-order chi connectivity index (χ1) is 10.2. The van der Waals surface area contributed by atoms with Gasteiger partial charge in [0.05, 0.1) is 12.1 Å². The van der Waals surface area contributed by atoms with Crippen molar-refractivity contribution in [1.82, 2.24) is 10.6 Å². The molecule has 3 N–H and O–H groups in total. The number of nitrogens with one attached hydrogen (secondary N) is 2. The molecule has 1 aromatic carbocycles. The van der Waals surface area contributed by atoms with Gasteiger partial charge in [0.1, 0.15) is 0 Å². The van der Waals surface area contributed by atoms with Crippen LogP contribution in [0.1, 0.15) is 36.4 Å². The topological polar surface area (TPSA) is 61.4 Å². The summed E-state index contributed by atoms with van der Waals surface area (Å²) in [4.78, 5) is 12.5. The maximum Gasteiger partial charge on any atom is 0.224 e. The summed E-state index contributed by atoms with van der Waals surface area (Å²) in [5.41, 5.74) is 2.49. The van der Waals surface area contributed by atoms with Gasteiger partial charge in [-0.15, -0.1) is 12.4 Å². The molecule has 1 unspecified atom stereocenters. The first-order valence-corrected chi connectivity index (χ1v) is 7.97. The lowest BCUT2D eigenvalue weighted by atomic mass is 9.91. The third kappa shape index (κ3) is 2.53. The zero-order chi connectivity index (χ0) is 14.4. The van der Waals surface area contributed by atoms with E-state index < -0.39 is 6.10 Å². The Morgan fingerprint density at radius 3 is 2.77 bits per heavy atom. The van der Waals surface area contributed by atoms with Gasteiger partial charge in [-0.1, -0.05) is 24.3 Å². The molecule has 4 nitrogen and oxygen atoms in total. The minimum atomic E-state index is -0.492. The molecule has 0 aromatic heterocycles. The van der Waals surface area contributed by atoms with Gasteiger partial charge in [-0.05, 0) is 48.9 Å². The number of fused-ring (bicyclic) bond motifs is 1. The van der Waals surface area contributed by atoms with Crippen LogP contribution in [0.3, 0.4) is 0 Å². The van der Waals surface area contributed by atoms with Crippen LogP contribution in [-0.4, -0.2) is 30.2 Å². The summed E-state index contributed by atoms with van der Waals surface area (Å²) in [6.07, 6.45) is 3.38. The predicted molar refractivity (Wildman–Crippen MR) is 86.9 cm³/mol. The van der Waals surface area contributed by atoms with E-state index in [0.29, 0.717) is 6.42 Å². The zero-order valence-electron chi connectivity index (χ0n) is 12.5. The Morgan fingerprint density at radius 2 is 2.00 bits per heavy atom. The lowest BCUT2D eigenvalue weighted by molar-refractivity contribution is -0.124. The quantitative estimate of drug-likeness (QED) is 0.774. The van der Waals surface area contributed by atoms with E-state index >= 15 is 0 Å². The number of hydrogen-bond donors (Lipinski definition) is 3. The van der Waals surface area contributed by atoms with E-state index in [9.17, 15) is 9.90 Å². The minimum absolute atomic E-state index is 0. The fourth-order valence-electron chi connectivity index (χ4n) is 4.20. The maximum atomic E-state index is 12.5. The van der Waals surface area contributed by atoms with E-state index in [1.165, 1.54) is 0 Å². The number of carbonyl (C=O) groups is 1. The van der Waals surface area contributed by atoms with Crippen LogP contribution in [0, 0.1) is 11.3 Å². The number of carbonyl (C=O) groups excluding carboxylic acids is 1.